The van der Waals surface area contributed by atoms with E-state index in [4.69, 9.17) is 9.47 Å². The smallest absolute Gasteiger partial charge is 0.240 e. The van der Waals surface area contributed by atoms with Crippen molar-refractivity contribution < 1.29 is 22.7 Å². The zero-order valence-corrected chi connectivity index (χ0v) is 15.3. The number of amides is 1. The van der Waals surface area contributed by atoms with E-state index < -0.39 is 10.0 Å². The van der Waals surface area contributed by atoms with E-state index in [1.807, 2.05) is 12.1 Å². The van der Waals surface area contributed by atoms with E-state index in [1.54, 1.807) is 25.3 Å². The maximum atomic E-state index is 12.6. The molecule has 0 spiro atoms. The number of carbonyl (C=O) groups is 1. The lowest BCUT2D eigenvalue weighted by atomic mass is 10.0. The standard InChI is InChI=1S/C18H20N2O5S/c1-12(21)19-14-3-6-17(7-4-14)26(22,23)20-15-9-13-10-16(24-2)5-8-18(13)25-11-15/h3-8,10,15,20H,9,11H2,1-2H3,(H,19,21)/t15-/m0/s1. The highest BCUT2D eigenvalue weighted by Gasteiger charge is 2.25. The lowest BCUT2D eigenvalue weighted by Gasteiger charge is -2.26. The number of hydrogen-bond donors (Lipinski definition) is 2. The summed E-state index contributed by atoms with van der Waals surface area (Å²) < 4.78 is 38.7. The van der Waals surface area contributed by atoms with Crippen LogP contribution in [-0.2, 0) is 21.2 Å². The van der Waals surface area contributed by atoms with Gasteiger partial charge in [0.15, 0.2) is 0 Å². The molecule has 7 nitrogen and oxygen atoms in total. The number of anilines is 1. The molecule has 1 atom stereocenters. The molecule has 1 aliphatic rings. The Morgan fingerprint density at radius 2 is 1.92 bits per heavy atom. The molecule has 2 aromatic rings. The van der Waals surface area contributed by atoms with E-state index in [0.717, 1.165) is 11.3 Å². The molecule has 8 heteroatoms. The molecule has 0 unspecified atom stereocenters. The van der Waals surface area contributed by atoms with Gasteiger partial charge in [-0.1, -0.05) is 0 Å². The van der Waals surface area contributed by atoms with Crippen molar-refractivity contribution in [3.8, 4) is 11.5 Å². The van der Waals surface area contributed by atoms with Crippen molar-refractivity contribution in [1.82, 2.24) is 4.72 Å². The third kappa shape index (κ3) is 4.14. The van der Waals surface area contributed by atoms with E-state index >= 15 is 0 Å². The monoisotopic (exact) mass is 376 g/mol. The largest absolute Gasteiger partial charge is 0.497 e. The van der Waals surface area contributed by atoms with Gasteiger partial charge in [0.05, 0.1) is 18.0 Å². The van der Waals surface area contributed by atoms with Gasteiger partial charge in [-0.05, 0) is 54.4 Å². The Balaban J connectivity index is 1.72. The average Bonchev–Trinajstić information content (AvgIpc) is 2.60. The van der Waals surface area contributed by atoms with Gasteiger partial charge in [-0.3, -0.25) is 4.79 Å². The SMILES string of the molecule is COc1ccc2c(c1)C[C@H](NS(=O)(=O)c1ccc(NC(C)=O)cc1)CO2. The second-order valence-corrected chi connectivity index (χ2v) is 7.73. The Labute approximate surface area is 152 Å². The molecule has 138 valence electrons. The fraction of sp³-hybridized carbons (Fsp3) is 0.278. The highest BCUT2D eigenvalue weighted by atomic mass is 32.2. The molecule has 2 aromatic carbocycles. The third-order valence-corrected chi connectivity index (χ3v) is 5.52. The van der Waals surface area contributed by atoms with Crippen LogP contribution >= 0.6 is 0 Å². The summed E-state index contributed by atoms with van der Waals surface area (Å²) in [5, 5.41) is 2.60. The van der Waals surface area contributed by atoms with Crippen LogP contribution in [0.5, 0.6) is 11.5 Å². The number of benzene rings is 2. The van der Waals surface area contributed by atoms with Gasteiger partial charge in [0.25, 0.3) is 0 Å². The highest BCUT2D eigenvalue weighted by Crippen LogP contribution is 2.29. The third-order valence-electron chi connectivity index (χ3n) is 3.98. The van der Waals surface area contributed by atoms with Crippen molar-refractivity contribution in [3.05, 3.63) is 48.0 Å². The van der Waals surface area contributed by atoms with Crippen molar-refractivity contribution in [2.45, 2.75) is 24.3 Å². The van der Waals surface area contributed by atoms with Gasteiger partial charge in [-0.25, -0.2) is 13.1 Å². The maximum Gasteiger partial charge on any atom is 0.240 e. The van der Waals surface area contributed by atoms with Crippen LogP contribution in [0.3, 0.4) is 0 Å². The predicted octanol–water partition coefficient (Wildman–Crippen LogP) is 1.94. The molecule has 26 heavy (non-hydrogen) atoms. The average molecular weight is 376 g/mol. The molecule has 0 fully saturated rings. The molecule has 1 amide bonds. The van der Waals surface area contributed by atoms with E-state index in [2.05, 4.69) is 10.0 Å². The second kappa shape index (κ2) is 7.35. The van der Waals surface area contributed by atoms with Crippen molar-refractivity contribution >= 4 is 21.6 Å². The molecule has 0 aromatic heterocycles. The zero-order chi connectivity index (χ0) is 18.7. The van der Waals surface area contributed by atoms with Gasteiger partial charge in [-0.15, -0.1) is 0 Å². The minimum Gasteiger partial charge on any atom is -0.497 e. The van der Waals surface area contributed by atoms with Gasteiger partial charge in [-0.2, -0.15) is 0 Å². The quantitative estimate of drug-likeness (QED) is 0.832. The van der Waals surface area contributed by atoms with Gasteiger partial charge < -0.3 is 14.8 Å². The minimum absolute atomic E-state index is 0.128. The number of ether oxygens (including phenoxy) is 2. The van der Waals surface area contributed by atoms with Crippen LogP contribution in [0.15, 0.2) is 47.4 Å². The molecule has 0 saturated carbocycles. The first-order valence-electron chi connectivity index (χ1n) is 8.07. The summed E-state index contributed by atoms with van der Waals surface area (Å²) in [4.78, 5) is 11.2. The fourth-order valence-corrected chi connectivity index (χ4v) is 4.00. The fourth-order valence-electron chi connectivity index (χ4n) is 2.78. The minimum atomic E-state index is -3.70. The Kier molecular flexibility index (Phi) is 5.15. The van der Waals surface area contributed by atoms with E-state index in [1.165, 1.54) is 19.1 Å². The van der Waals surface area contributed by atoms with Gasteiger partial charge in [0.2, 0.25) is 15.9 Å². The Bertz CT molecular complexity index is 910. The second-order valence-electron chi connectivity index (χ2n) is 6.01. The topological polar surface area (TPSA) is 93.7 Å². The number of hydrogen-bond acceptors (Lipinski definition) is 5. The van der Waals surface area contributed by atoms with Crippen LogP contribution in [0, 0.1) is 0 Å². The molecular formula is C18H20N2O5S. The molecule has 0 saturated heterocycles. The summed E-state index contributed by atoms with van der Waals surface area (Å²) in [6, 6.07) is 11.1. The predicted molar refractivity (Wildman–Crippen MR) is 97.0 cm³/mol. The number of rotatable bonds is 5. The summed E-state index contributed by atoms with van der Waals surface area (Å²) in [7, 11) is -2.12. The first-order chi connectivity index (χ1) is 12.4. The first-order valence-corrected chi connectivity index (χ1v) is 9.55. The van der Waals surface area contributed by atoms with Crippen LogP contribution in [0.1, 0.15) is 12.5 Å². The van der Waals surface area contributed by atoms with Crippen LogP contribution < -0.4 is 19.5 Å². The van der Waals surface area contributed by atoms with Gasteiger partial charge in [0.1, 0.15) is 18.1 Å². The normalized spacial score (nSPS) is 16.3. The molecule has 0 aliphatic carbocycles. The highest BCUT2D eigenvalue weighted by molar-refractivity contribution is 7.89. The number of nitrogens with one attached hydrogen (secondary N) is 2. The van der Waals surface area contributed by atoms with Crippen LogP contribution in [0.4, 0.5) is 5.69 Å². The number of methoxy groups -OCH3 is 1. The lowest BCUT2D eigenvalue weighted by Crippen LogP contribution is -2.42. The summed E-state index contributed by atoms with van der Waals surface area (Å²) >= 11 is 0. The molecule has 0 bridgehead atoms. The van der Waals surface area contributed by atoms with Crippen molar-refractivity contribution in [2.24, 2.45) is 0 Å². The molecule has 1 aliphatic heterocycles. The number of fused-ring (bicyclic) bond motifs is 1. The van der Waals surface area contributed by atoms with Crippen molar-refractivity contribution in [1.29, 1.82) is 0 Å². The Morgan fingerprint density at radius 1 is 1.19 bits per heavy atom. The molecule has 3 rings (SSSR count). The van der Waals surface area contributed by atoms with Crippen molar-refractivity contribution in [2.75, 3.05) is 19.0 Å². The van der Waals surface area contributed by atoms with Crippen molar-refractivity contribution in [3.63, 3.8) is 0 Å². The molecular weight excluding hydrogens is 356 g/mol. The Morgan fingerprint density at radius 3 is 2.58 bits per heavy atom. The van der Waals surface area contributed by atoms with Gasteiger partial charge >= 0.3 is 0 Å². The first kappa shape index (κ1) is 18.2. The van der Waals surface area contributed by atoms with Gasteiger partial charge in [0, 0.05) is 12.6 Å². The summed E-state index contributed by atoms with van der Waals surface area (Å²) in [6.07, 6.45) is 0.510. The summed E-state index contributed by atoms with van der Waals surface area (Å²) in [6.45, 7) is 1.64. The Hall–Kier alpha value is -2.58. The van der Waals surface area contributed by atoms with Crippen LogP contribution in [-0.4, -0.2) is 34.1 Å². The lowest BCUT2D eigenvalue weighted by molar-refractivity contribution is -0.114. The molecule has 2 N–H and O–H groups in total. The van der Waals surface area contributed by atoms with Crippen LogP contribution in [0.25, 0.3) is 0 Å². The summed E-state index contributed by atoms with van der Waals surface area (Å²) in [5.41, 5.74) is 1.43. The number of sulfonamides is 1. The zero-order valence-electron chi connectivity index (χ0n) is 14.5. The summed E-state index contributed by atoms with van der Waals surface area (Å²) in [5.74, 6) is 1.22. The van der Waals surface area contributed by atoms with E-state index in [0.29, 0.717) is 17.9 Å². The number of carbonyl (C=O) groups excluding carboxylic acids is 1. The molecule has 1 heterocycles. The molecule has 0 radical (unpaired) electrons. The van der Waals surface area contributed by atoms with E-state index in [9.17, 15) is 13.2 Å². The maximum absolute atomic E-state index is 12.6. The van der Waals surface area contributed by atoms with E-state index in [-0.39, 0.29) is 23.5 Å². The van der Waals surface area contributed by atoms with Crippen LogP contribution in [0.2, 0.25) is 0 Å².